The molecule has 0 spiro atoms. The van der Waals surface area contributed by atoms with Crippen LogP contribution in [0.2, 0.25) is 0 Å². The maximum absolute atomic E-state index is 12.8. The van der Waals surface area contributed by atoms with Gasteiger partial charge in [0.25, 0.3) is 10.1 Å². The Balaban J connectivity index is 1.63. The predicted molar refractivity (Wildman–Crippen MR) is 168 cm³/mol. The van der Waals surface area contributed by atoms with Gasteiger partial charge in [0, 0.05) is 73.2 Å². The minimum atomic E-state index is -4.42. The number of pyridine rings is 1. The number of aryl methyl sites for hydroxylation is 1. The van der Waals surface area contributed by atoms with Crippen molar-refractivity contribution in [3.8, 4) is 0 Å². The summed E-state index contributed by atoms with van der Waals surface area (Å²) in [6.07, 6.45) is 6.96. The van der Waals surface area contributed by atoms with E-state index >= 15 is 0 Å². The summed E-state index contributed by atoms with van der Waals surface area (Å²) in [6.45, 7) is 7.41. The third-order valence-electron chi connectivity index (χ3n) is 6.91. The molecule has 2 N–H and O–H groups in total. The van der Waals surface area contributed by atoms with Crippen LogP contribution in [0.25, 0.3) is 33.6 Å². The monoisotopic (exact) mass is 627 g/mol. The van der Waals surface area contributed by atoms with Crippen LogP contribution in [0.5, 0.6) is 0 Å². The van der Waals surface area contributed by atoms with Crippen molar-refractivity contribution < 1.29 is 31.5 Å². The number of nitrogens with zero attached hydrogens (tertiary/aromatic N) is 5. The van der Waals surface area contributed by atoms with Crippen LogP contribution < -0.4 is 20.4 Å². The van der Waals surface area contributed by atoms with Gasteiger partial charge in [-0.2, -0.15) is 13.0 Å². The molecule has 0 aliphatic carbocycles. The molecule has 0 aliphatic rings. The standard InChI is InChI=1S/C30H38N6O7S/c1-3-35(4-2)26-12-9-23-20-24(30(38)43-28(23)21-26)10-11-25-13-14-27(44(39,40)41)22-36(25)17-7-5-6-8-29(37)32-15-18-42-19-16-33-34-31/h9-14,20-22H,3-8,15-19H2,1-2H3,(H-,32,37,39,40,41)/p+1. The van der Waals surface area contributed by atoms with Gasteiger partial charge < -0.3 is 19.4 Å². The number of hydrogen-bond donors (Lipinski definition) is 2. The van der Waals surface area contributed by atoms with Crippen molar-refractivity contribution in [2.24, 2.45) is 5.11 Å². The highest BCUT2D eigenvalue weighted by Gasteiger charge is 2.18. The molecule has 0 radical (unpaired) electrons. The van der Waals surface area contributed by atoms with Crippen molar-refractivity contribution >= 4 is 44.8 Å². The predicted octanol–water partition coefficient (Wildman–Crippen LogP) is 4.35. The van der Waals surface area contributed by atoms with Crippen molar-refractivity contribution in [3.05, 3.63) is 74.7 Å². The van der Waals surface area contributed by atoms with Gasteiger partial charge >= 0.3 is 5.63 Å². The zero-order valence-corrected chi connectivity index (χ0v) is 25.8. The molecule has 0 saturated heterocycles. The lowest BCUT2D eigenvalue weighted by Crippen LogP contribution is -2.37. The van der Waals surface area contributed by atoms with E-state index in [1.807, 2.05) is 18.2 Å². The summed E-state index contributed by atoms with van der Waals surface area (Å²) >= 11 is 0. The topological polar surface area (TPSA) is 179 Å². The number of unbranched alkanes of at least 4 members (excludes halogenated alkanes) is 2. The smallest absolute Gasteiger partial charge is 0.343 e. The van der Waals surface area contributed by atoms with Crippen molar-refractivity contribution in [1.82, 2.24) is 5.32 Å². The third kappa shape index (κ3) is 10.5. The lowest BCUT2D eigenvalue weighted by Gasteiger charge is -2.20. The van der Waals surface area contributed by atoms with Gasteiger partial charge in [0.1, 0.15) is 12.1 Å². The van der Waals surface area contributed by atoms with Gasteiger partial charge in [0.2, 0.25) is 11.6 Å². The maximum atomic E-state index is 12.8. The van der Waals surface area contributed by atoms with E-state index in [2.05, 4.69) is 34.1 Å². The van der Waals surface area contributed by atoms with Crippen LogP contribution in [0.4, 0.5) is 5.69 Å². The highest BCUT2D eigenvalue weighted by molar-refractivity contribution is 7.85. The van der Waals surface area contributed by atoms with Crippen LogP contribution in [-0.2, 0) is 26.2 Å². The van der Waals surface area contributed by atoms with Crippen LogP contribution in [0, 0.1) is 0 Å². The van der Waals surface area contributed by atoms with Crippen LogP contribution >= 0.6 is 0 Å². The number of azide groups is 1. The number of benzene rings is 1. The van der Waals surface area contributed by atoms with E-state index in [-0.39, 0.29) is 17.3 Å². The van der Waals surface area contributed by atoms with Crippen LogP contribution in [-0.4, -0.2) is 58.3 Å². The summed E-state index contributed by atoms with van der Waals surface area (Å²) in [7, 11) is -4.42. The fourth-order valence-electron chi connectivity index (χ4n) is 4.57. The van der Waals surface area contributed by atoms with E-state index < -0.39 is 15.7 Å². The minimum absolute atomic E-state index is 0.105. The first-order valence-corrected chi connectivity index (χ1v) is 16.0. The molecule has 3 rings (SSSR count). The number of amides is 1. The van der Waals surface area contributed by atoms with Gasteiger partial charge in [-0.15, -0.1) is 0 Å². The number of carbonyl (C=O) groups excluding carboxylic acids is 1. The van der Waals surface area contributed by atoms with E-state index in [0.717, 1.165) is 24.2 Å². The van der Waals surface area contributed by atoms with Gasteiger partial charge in [-0.3, -0.25) is 9.35 Å². The Morgan fingerprint density at radius 2 is 1.93 bits per heavy atom. The summed E-state index contributed by atoms with van der Waals surface area (Å²) in [5.74, 6) is -0.105. The van der Waals surface area contributed by atoms with Crippen molar-refractivity contribution in [2.45, 2.75) is 51.0 Å². The first-order valence-electron chi connectivity index (χ1n) is 14.5. The fraction of sp³-hybridized carbons (Fsp3) is 0.433. The van der Waals surface area contributed by atoms with E-state index in [1.54, 1.807) is 28.9 Å². The molecule has 0 fully saturated rings. The molecule has 0 aliphatic heterocycles. The second kappa shape index (κ2) is 17.2. The molecule has 1 amide bonds. The zero-order chi connectivity index (χ0) is 32.0. The van der Waals surface area contributed by atoms with E-state index in [1.165, 1.54) is 12.3 Å². The molecule has 2 aromatic heterocycles. The first-order chi connectivity index (χ1) is 21.2. The third-order valence-corrected chi connectivity index (χ3v) is 7.75. The van der Waals surface area contributed by atoms with Gasteiger partial charge in [-0.05, 0) is 62.6 Å². The van der Waals surface area contributed by atoms with Crippen molar-refractivity contribution in [2.75, 3.05) is 44.3 Å². The summed E-state index contributed by atoms with van der Waals surface area (Å²) in [4.78, 5) is 29.4. The van der Waals surface area contributed by atoms with Gasteiger partial charge in [-0.25, -0.2) is 4.79 Å². The Kier molecular flexibility index (Phi) is 13.4. The van der Waals surface area contributed by atoms with Crippen molar-refractivity contribution in [1.29, 1.82) is 0 Å². The maximum Gasteiger partial charge on any atom is 0.343 e. The van der Waals surface area contributed by atoms with Gasteiger partial charge in [0.15, 0.2) is 11.1 Å². The van der Waals surface area contributed by atoms with E-state index in [4.69, 9.17) is 14.7 Å². The Bertz CT molecular complexity index is 1660. The molecule has 0 unspecified atom stereocenters. The average Bonchev–Trinajstić information content (AvgIpc) is 2.99. The molecule has 44 heavy (non-hydrogen) atoms. The van der Waals surface area contributed by atoms with Gasteiger partial charge in [-0.1, -0.05) is 5.11 Å². The van der Waals surface area contributed by atoms with Gasteiger partial charge in [0.05, 0.1) is 18.8 Å². The Labute approximate surface area is 256 Å². The number of carbonyl (C=O) groups is 1. The second-order valence-electron chi connectivity index (χ2n) is 9.90. The molecule has 2 heterocycles. The lowest BCUT2D eigenvalue weighted by molar-refractivity contribution is -0.700. The Morgan fingerprint density at radius 3 is 2.66 bits per heavy atom. The molecule has 13 nitrogen and oxygen atoms in total. The number of anilines is 1. The number of ether oxygens (including phenoxy) is 1. The summed E-state index contributed by atoms with van der Waals surface area (Å²) in [5, 5.41) is 6.90. The summed E-state index contributed by atoms with van der Waals surface area (Å²) in [5.41, 5.74) is 10.1. The quantitative estimate of drug-likeness (QED) is 0.0397. The molecule has 236 valence electrons. The fourth-order valence-corrected chi connectivity index (χ4v) is 5.07. The van der Waals surface area contributed by atoms with Crippen LogP contribution in [0.1, 0.15) is 50.8 Å². The molecular weight excluding hydrogens is 588 g/mol. The number of hydrogen-bond acceptors (Lipinski definition) is 8. The SMILES string of the molecule is CCN(CC)c1ccc2cc(C=Cc3ccc(S(=O)(=O)O)c[n+]3CCCCCC(=O)NCCOCCN=[N+]=[N-])c(=O)oc2c1. The number of rotatable bonds is 18. The molecule has 14 heteroatoms. The zero-order valence-electron chi connectivity index (χ0n) is 25.0. The Morgan fingerprint density at radius 1 is 1.14 bits per heavy atom. The largest absolute Gasteiger partial charge is 0.422 e. The van der Waals surface area contributed by atoms with Crippen LogP contribution in [0.15, 0.2) is 61.8 Å². The molecular formula is C30H39N6O7S+. The molecule has 3 aromatic rings. The van der Waals surface area contributed by atoms with Crippen molar-refractivity contribution in [3.63, 3.8) is 0 Å². The van der Waals surface area contributed by atoms with E-state index in [9.17, 15) is 22.6 Å². The van der Waals surface area contributed by atoms with E-state index in [0.29, 0.717) is 68.8 Å². The molecule has 0 atom stereocenters. The average molecular weight is 628 g/mol. The summed E-state index contributed by atoms with van der Waals surface area (Å²) in [6, 6.07) is 10.4. The minimum Gasteiger partial charge on any atom is -0.422 e. The molecule has 1 aromatic carbocycles. The second-order valence-corrected chi connectivity index (χ2v) is 11.3. The first kappa shape index (κ1) is 34.3. The summed E-state index contributed by atoms with van der Waals surface area (Å²) < 4.78 is 45.6. The number of fused-ring (bicyclic) bond motifs is 1. The molecule has 0 bridgehead atoms. The number of aromatic nitrogens is 1. The highest BCUT2D eigenvalue weighted by atomic mass is 32.2. The lowest BCUT2D eigenvalue weighted by atomic mass is 10.1. The molecule has 0 saturated carbocycles. The normalized spacial score (nSPS) is 11.5. The number of nitrogens with one attached hydrogen (secondary N) is 1. The highest BCUT2D eigenvalue weighted by Crippen LogP contribution is 2.22. The Hall–Kier alpha value is -4.23. The van der Waals surface area contributed by atoms with Crippen LogP contribution in [0.3, 0.4) is 0 Å².